The molecule has 0 unspecified atom stereocenters. The van der Waals surface area contributed by atoms with Gasteiger partial charge in [-0.05, 0) is 50.1 Å². The van der Waals surface area contributed by atoms with Crippen LogP contribution in [0.2, 0.25) is 0 Å². The van der Waals surface area contributed by atoms with E-state index in [0.717, 1.165) is 47.5 Å². The summed E-state index contributed by atoms with van der Waals surface area (Å²) in [6, 6.07) is 12.2. The van der Waals surface area contributed by atoms with Crippen LogP contribution >= 0.6 is 11.3 Å². The summed E-state index contributed by atoms with van der Waals surface area (Å²) in [6.07, 6.45) is 1.75. The molecule has 1 aliphatic heterocycles. The molecule has 0 N–H and O–H groups in total. The fraction of sp³-hybridized carbons (Fsp3) is 0.318. The van der Waals surface area contributed by atoms with Gasteiger partial charge in [0.2, 0.25) is 0 Å². The van der Waals surface area contributed by atoms with E-state index in [1.54, 1.807) is 6.20 Å². The number of benzene rings is 1. The average Bonchev–Trinajstić information content (AvgIpc) is 3.12. The molecule has 4 rings (SSSR count). The van der Waals surface area contributed by atoms with Crippen molar-refractivity contribution in [1.82, 2.24) is 14.9 Å². The number of piperazine rings is 1. The van der Waals surface area contributed by atoms with Gasteiger partial charge in [-0.3, -0.25) is 9.78 Å². The Kier molecular flexibility index (Phi) is 5.13. The monoisotopic (exact) mass is 392 g/mol. The summed E-state index contributed by atoms with van der Waals surface area (Å²) in [5.74, 6) is 0.0813. The van der Waals surface area contributed by atoms with E-state index < -0.39 is 0 Å². The van der Waals surface area contributed by atoms with Gasteiger partial charge in [-0.15, -0.1) is 11.3 Å². The van der Waals surface area contributed by atoms with E-state index >= 15 is 0 Å². The summed E-state index contributed by atoms with van der Waals surface area (Å²) in [5.41, 5.74) is 5.50. The van der Waals surface area contributed by atoms with Gasteiger partial charge in [-0.25, -0.2) is 4.98 Å². The van der Waals surface area contributed by atoms with E-state index in [-0.39, 0.29) is 5.91 Å². The number of rotatable bonds is 3. The van der Waals surface area contributed by atoms with Crippen LogP contribution < -0.4 is 4.90 Å². The Balaban J connectivity index is 1.47. The van der Waals surface area contributed by atoms with E-state index in [2.05, 4.69) is 46.9 Å². The zero-order chi connectivity index (χ0) is 19.7. The van der Waals surface area contributed by atoms with Crippen molar-refractivity contribution in [3.63, 3.8) is 0 Å². The fourth-order valence-electron chi connectivity index (χ4n) is 3.57. The molecule has 0 aliphatic carbocycles. The zero-order valence-electron chi connectivity index (χ0n) is 16.5. The number of hydrogen-bond donors (Lipinski definition) is 0. The maximum atomic E-state index is 13.1. The molecule has 3 heterocycles. The van der Waals surface area contributed by atoms with E-state index in [9.17, 15) is 4.79 Å². The van der Waals surface area contributed by atoms with E-state index in [1.807, 2.05) is 30.0 Å². The number of thiazole rings is 1. The van der Waals surface area contributed by atoms with Gasteiger partial charge in [0.1, 0.15) is 9.88 Å². The molecular formula is C22H24N4OS. The van der Waals surface area contributed by atoms with Gasteiger partial charge in [0.05, 0.1) is 11.4 Å². The van der Waals surface area contributed by atoms with Crippen LogP contribution in [0.4, 0.5) is 5.69 Å². The number of amides is 1. The van der Waals surface area contributed by atoms with Crippen molar-refractivity contribution < 1.29 is 4.79 Å². The lowest BCUT2D eigenvalue weighted by Crippen LogP contribution is -2.49. The fourth-order valence-corrected chi connectivity index (χ4v) is 4.58. The third-order valence-electron chi connectivity index (χ3n) is 5.36. The van der Waals surface area contributed by atoms with Crippen molar-refractivity contribution in [1.29, 1.82) is 0 Å². The summed E-state index contributed by atoms with van der Waals surface area (Å²) in [4.78, 5) is 27.1. The Hall–Kier alpha value is -2.73. The highest BCUT2D eigenvalue weighted by Gasteiger charge is 2.26. The molecule has 2 aromatic heterocycles. The molecule has 1 aromatic carbocycles. The van der Waals surface area contributed by atoms with Crippen LogP contribution in [0, 0.1) is 20.8 Å². The summed E-state index contributed by atoms with van der Waals surface area (Å²) in [7, 11) is 0. The SMILES string of the molecule is Cc1cccc(N2CCN(C(=O)c3sc(-c4ccccn4)nc3C)CC2)c1C. The molecule has 28 heavy (non-hydrogen) atoms. The molecule has 5 nitrogen and oxygen atoms in total. The van der Waals surface area contributed by atoms with Gasteiger partial charge in [0, 0.05) is 38.1 Å². The van der Waals surface area contributed by atoms with E-state index in [4.69, 9.17) is 0 Å². The quantitative estimate of drug-likeness (QED) is 0.674. The summed E-state index contributed by atoms with van der Waals surface area (Å²) in [5, 5.41) is 0.801. The molecule has 3 aromatic rings. The van der Waals surface area contributed by atoms with Crippen LogP contribution in [-0.4, -0.2) is 47.0 Å². The lowest BCUT2D eigenvalue weighted by atomic mass is 10.1. The maximum Gasteiger partial charge on any atom is 0.265 e. The van der Waals surface area contributed by atoms with Crippen LogP contribution in [-0.2, 0) is 0 Å². The van der Waals surface area contributed by atoms with Gasteiger partial charge in [0.15, 0.2) is 0 Å². The number of pyridine rings is 1. The van der Waals surface area contributed by atoms with Crippen molar-refractivity contribution in [2.24, 2.45) is 0 Å². The first-order chi connectivity index (χ1) is 13.5. The summed E-state index contributed by atoms with van der Waals surface area (Å²) >= 11 is 1.44. The van der Waals surface area contributed by atoms with Gasteiger partial charge in [-0.1, -0.05) is 18.2 Å². The largest absolute Gasteiger partial charge is 0.368 e. The highest BCUT2D eigenvalue weighted by atomic mass is 32.1. The molecule has 1 amide bonds. The smallest absolute Gasteiger partial charge is 0.265 e. The summed E-state index contributed by atoms with van der Waals surface area (Å²) in [6.45, 7) is 9.36. The zero-order valence-corrected chi connectivity index (χ0v) is 17.3. The number of carbonyl (C=O) groups is 1. The number of aryl methyl sites for hydroxylation is 2. The van der Waals surface area contributed by atoms with Crippen LogP contribution in [0.1, 0.15) is 26.5 Å². The normalized spacial score (nSPS) is 14.4. The third kappa shape index (κ3) is 3.52. The standard InChI is InChI=1S/C22H24N4OS/c1-15-7-6-9-19(16(15)2)25-11-13-26(14-12-25)22(27)20-17(3)24-21(28-20)18-8-4-5-10-23-18/h4-10H,11-14H2,1-3H3. The van der Waals surface area contributed by atoms with Crippen molar-refractivity contribution in [2.75, 3.05) is 31.1 Å². The molecule has 1 saturated heterocycles. The predicted molar refractivity (Wildman–Crippen MR) is 114 cm³/mol. The number of nitrogens with zero attached hydrogens (tertiary/aromatic N) is 4. The second kappa shape index (κ2) is 7.72. The molecule has 0 atom stereocenters. The van der Waals surface area contributed by atoms with Gasteiger partial charge >= 0.3 is 0 Å². The van der Waals surface area contributed by atoms with Crippen molar-refractivity contribution in [2.45, 2.75) is 20.8 Å². The Morgan fingerprint density at radius 3 is 2.50 bits per heavy atom. The highest BCUT2D eigenvalue weighted by Crippen LogP contribution is 2.29. The minimum atomic E-state index is 0.0813. The molecule has 0 saturated carbocycles. The van der Waals surface area contributed by atoms with Crippen molar-refractivity contribution >= 4 is 22.9 Å². The molecule has 144 valence electrons. The molecule has 6 heteroatoms. The Bertz CT molecular complexity index is 991. The third-order valence-corrected chi connectivity index (χ3v) is 6.53. The van der Waals surface area contributed by atoms with Crippen LogP contribution in [0.3, 0.4) is 0 Å². The molecule has 1 fully saturated rings. The second-order valence-corrected chi connectivity index (χ2v) is 8.15. The number of aromatic nitrogens is 2. The lowest BCUT2D eigenvalue weighted by Gasteiger charge is -2.37. The lowest BCUT2D eigenvalue weighted by molar-refractivity contribution is 0.0750. The highest BCUT2D eigenvalue weighted by molar-refractivity contribution is 7.17. The molecule has 1 aliphatic rings. The summed E-state index contributed by atoms with van der Waals surface area (Å²) < 4.78 is 0. The Labute approximate surface area is 169 Å². The van der Waals surface area contributed by atoms with Gasteiger partial charge in [-0.2, -0.15) is 0 Å². The van der Waals surface area contributed by atoms with Crippen LogP contribution in [0.5, 0.6) is 0 Å². The molecule has 0 radical (unpaired) electrons. The minimum Gasteiger partial charge on any atom is -0.368 e. The molecular weight excluding hydrogens is 368 g/mol. The first kappa shape index (κ1) is 18.6. The Morgan fingerprint density at radius 2 is 1.79 bits per heavy atom. The average molecular weight is 393 g/mol. The van der Waals surface area contributed by atoms with E-state index in [0.29, 0.717) is 0 Å². The van der Waals surface area contributed by atoms with Crippen molar-refractivity contribution in [3.05, 3.63) is 64.3 Å². The van der Waals surface area contributed by atoms with Gasteiger partial charge < -0.3 is 9.80 Å². The number of anilines is 1. The van der Waals surface area contributed by atoms with Gasteiger partial charge in [0.25, 0.3) is 5.91 Å². The van der Waals surface area contributed by atoms with Crippen molar-refractivity contribution in [3.8, 4) is 10.7 Å². The van der Waals surface area contributed by atoms with Crippen LogP contribution in [0.25, 0.3) is 10.7 Å². The number of hydrogen-bond acceptors (Lipinski definition) is 5. The number of carbonyl (C=O) groups excluding carboxylic acids is 1. The topological polar surface area (TPSA) is 49.3 Å². The maximum absolute atomic E-state index is 13.1. The first-order valence-corrected chi connectivity index (χ1v) is 10.4. The molecule has 0 bridgehead atoms. The van der Waals surface area contributed by atoms with E-state index in [1.165, 1.54) is 28.2 Å². The molecule has 0 spiro atoms. The first-order valence-electron chi connectivity index (χ1n) is 9.54. The Morgan fingerprint density at radius 1 is 1.00 bits per heavy atom. The minimum absolute atomic E-state index is 0.0813. The predicted octanol–water partition coefficient (Wildman–Crippen LogP) is 4.09. The second-order valence-electron chi connectivity index (χ2n) is 7.15. The van der Waals surface area contributed by atoms with Crippen LogP contribution in [0.15, 0.2) is 42.6 Å².